The normalized spacial score (nSPS) is 11.3. The number of nitrogens with zero attached hydrogens (tertiary/aromatic N) is 4. The van der Waals surface area contributed by atoms with E-state index >= 15 is 0 Å². The highest BCUT2D eigenvalue weighted by Crippen LogP contribution is 2.23. The molecule has 7 heteroatoms. The van der Waals surface area contributed by atoms with Crippen molar-refractivity contribution in [3.63, 3.8) is 0 Å². The first kappa shape index (κ1) is 12.6. The number of anilines is 1. The summed E-state index contributed by atoms with van der Waals surface area (Å²) in [7, 11) is 1.82. The highest BCUT2D eigenvalue weighted by atomic mass is 19.2. The molecule has 0 spiro atoms. The van der Waals surface area contributed by atoms with Gasteiger partial charge in [-0.25, -0.2) is 13.8 Å². The van der Waals surface area contributed by atoms with E-state index in [0.717, 1.165) is 11.6 Å². The van der Waals surface area contributed by atoms with Crippen molar-refractivity contribution in [2.75, 3.05) is 5.73 Å². The summed E-state index contributed by atoms with van der Waals surface area (Å²) in [6, 6.07) is 2.47. The van der Waals surface area contributed by atoms with Crippen molar-refractivity contribution < 1.29 is 8.78 Å². The number of hydrogen-bond donors (Lipinski definition) is 1. The molecule has 1 aromatic carbocycles. The molecule has 104 valence electrons. The lowest BCUT2D eigenvalue weighted by atomic mass is 10.2. The van der Waals surface area contributed by atoms with Crippen molar-refractivity contribution in [3.8, 4) is 0 Å². The van der Waals surface area contributed by atoms with Crippen molar-refractivity contribution in [1.29, 1.82) is 0 Å². The fourth-order valence-electron chi connectivity index (χ4n) is 2.24. The number of aryl methyl sites for hydroxylation is 3. The third-order valence-corrected chi connectivity index (χ3v) is 3.21. The standard InChI is InChI=1S/C13H13F2N5/c1-19-7-8(6-17-19)4-5-20-12-10(18-13(20)16)3-2-9(14)11(12)15/h2-3,6-7H,4-5H2,1H3,(H2,16,18). The molecule has 0 aliphatic rings. The molecule has 0 aliphatic heterocycles. The van der Waals surface area contributed by atoms with Crippen molar-refractivity contribution in [2.24, 2.45) is 7.05 Å². The fraction of sp³-hybridized carbons (Fsp3) is 0.231. The van der Waals surface area contributed by atoms with Crippen LogP contribution < -0.4 is 5.73 Å². The number of halogens is 2. The van der Waals surface area contributed by atoms with Gasteiger partial charge < -0.3 is 10.3 Å². The van der Waals surface area contributed by atoms with Gasteiger partial charge in [0.15, 0.2) is 11.6 Å². The molecule has 0 fully saturated rings. The second-order valence-corrected chi connectivity index (χ2v) is 4.62. The first-order valence-electron chi connectivity index (χ1n) is 6.13. The molecule has 0 bridgehead atoms. The number of benzene rings is 1. The second-order valence-electron chi connectivity index (χ2n) is 4.62. The minimum absolute atomic E-state index is 0.103. The molecular formula is C13H13F2N5. The molecule has 0 aliphatic carbocycles. The predicted molar refractivity (Wildman–Crippen MR) is 71.0 cm³/mol. The summed E-state index contributed by atoms with van der Waals surface area (Å²) in [4.78, 5) is 4.05. The molecule has 3 aromatic rings. The van der Waals surface area contributed by atoms with Crippen molar-refractivity contribution >= 4 is 17.0 Å². The average Bonchev–Trinajstić information content (AvgIpc) is 2.95. The summed E-state index contributed by atoms with van der Waals surface area (Å²) in [5.74, 6) is -1.65. The van der Waals surface area contributed by atoms with Gasteiger partial charge in [-0.2, -0.15) is 5.10 Å². The summed E-state index contributed by atoms with van der Waals surface area (Å²) >= 11 is 0. The minimum atomic E-state index is -0.919. The molecule has 2 heterocycles. The summed E-state index contributed by atoms with van der Waals surface area (Å²) in [6.07, 6.45) is 4.21. The zero-order chi connectivity index (χ0) is 14.3. The zero-order valence-electron chi connectivity index (χ0n) is 10.8. The largest absolute Gasteiger partial charge is 0.369 e. The van der Waals surface area contributed by atoms with Gasteiger partial charge in [0.2, 0.25) is 5.95 Å². The van der Waals surface area contributed by atoms with Gasteiger partial charge >= 0.3 is 0 Å². The fourth-order valence-corrected chi connectivity index (χ4v) is 2.24. The average molecular weight is 277 g/mol. The lowest BCUT2D eigenvalue weighted by Crippen LogP contribution is -2.06. The van der Waals surface area contributed by atoms with Gasteiger partial charge in [-0.1, -0.05) is 0 Å². The molecule has 0 saturated carbocycles. The number of nitrogens with two attached hydrogens (primary N) is 1. The van der Waals surface area contributed by atoms with Crippen molar-refractivity contribution in [3.05, 3.63) is 41.7 Å². The Hall–Kier alpha value is -2.44. The van der Waals surface area contributed by atoms with Crippen LogP contribution in [0.25, 0.3) is 11.0 Å². The third-order valence-electron chi connectivity index (χ3n) is 3.21. The number of aromatic nitrogens is 4. The van der Waals surface area contributed by atoms with Crippen LogP contribution in [0.4, 0.5) is 14.7 Å². The quantitative estimate of drug-likeness (QED) is 0.795. The molecule has 0 atom stereocenters. The molecule has 20 heavy (non-hydrogen) atoms. The Morgan fingerprint density at radius 1 is 1.30 bits per heavy atom. The monoisotopic (exact) mass is 277 g/mol. The Balaban J connectivity index is 1.98. The van der Waals surface area contributed by atoms with Crippen LogP contribution in [0, 0.1) is 11.6 Å². The smallest absolute Gasteiger partial charge is 0.201 e. The number of imidazole rings is 1. The van der Waals surface area contributed by atoms with Gasteiger partial charge in [0.05, 0.1) is 11.7 Å². The predicted octanol–water partition coefficient (Wildman–Crippen LogP) is 1.87. The number of nitrogen functional groups attached to an aromatic ring is 1. The van der Waals surface area contributed by atoms with E-state index in [1.807, 2.05) is 13.2 Å². The maximum atomic E-state index is 13.9. The van der Waals surface area contributed by atoms with Gasteiger partial charge in [-0.05, 0) is 24.1 Å². The molecule has 2 aromatic heterocycles. The van der Waals surface area contributed by atoms with E-state index in [9.17, 15) is 8.78 Å². The topological polar surface area (TPSA) is 61.7 Å². The Morgan fingerprint density at radius 3 is 2.80 bits per heavy atom. The number of rotatable bonds is 3. The van der Waals surface area contributed by atoms with E-state index in [0.29, 0.717) is 18.5 Å². The highest BCUT2D eigenvalue weighted by Gasteiger charge is 2.16. The van der Waals surface area contributed by atoms with Crippen LogP contribution in [0.1, 0.15) is 5.56 Å². The molecule has 3 rings (SSSR count). The van der Waals surface area contributed by atoms with Crippen LogP contribution in [0.5, 0.6) is 0 Å². The van der Waals surface area contributed by atoms with E-state index in [1.165, 1.54) is 10.6 Å². The lowest BCUT2D eigenvalue weighted by molar-refractivity contribution is 0.511. The van der Waals surface area contributed by atoms with E-state index in [4.69, 9.17) is 5.73 Å². The second kappa shape index (κ2) is 4.59. The van der Waals surface area contributed by atoms with Crippen LogP contribution in [0.15, 0.2) is 24.5 Å². The summed E-state index contributed by atoms with van der Waals surface area (Å²) in [6.45, 7) is 0.411. The summed E-state index contributed by atoms with van der Waals surface area (Å²) in [5, 5.41) is 4.06. The van der Waals surface area contributed by atoms with E-state index in [2.05, 4.69) is 10.1 Å². The first-order chi connectivity index (χ1) is 9.56. The molecule has 0 saturated heterocycles. The highest BCUT2D eigenvalue weighted by molar-refractivity contribution is 5.79. The van der Waals surface area contributed by atoms with Crippen LogP contribution in [0.3, 0.4) is 0 Å². The van der Waals surface area contributed by atoms with E-state index < -0.39 is 11.6 Å². The van der Waals surface area contributed by atoms with E-state index in [1.54, 1.807) is 10.9 Å². The maximum absolute atomic E-state index is 13.9. The molecule has 2 N–H and O–H groups in total. The Morgan fingerprint density at radius 2 is 2.10 bits per heavy atom. The van der Waals surface area contributed by atoms with Gasteiger partial charge in [-0.3, -0.25) is 4.68 Å². The van der Waals surface area contributed by atoms with Crippen LogP contribution >= 0.6 is 0 Å². The molecule has 0 unspecified atom stereocenters. The van der Waals surface area contributed by atoms with Gasteiger partial charge in [0, 0.05) is 19.8 Å². The number of hydrogen-bond acceptors (Lipinski definition) is 3. The Bertz CT molecular complexity index is 775. The molecule has 0 amide bonds. The Labute approximate surface area is 113 Å². The Kier molecular flexibility index (Phi) is 2.89. The van der Waals surface area contributed by atoms with Crippen molar-refractivity contribution in [1.82, 2.24) is 19.3 Å². The first-order valence-corrected chi connectivity index (χ1v) is 6.13. The van der Waals surface area contributed by atoms with Crippen molar-refractivity contribution in [2.45, 2.75) is 13.0 Å². The summed E-state index contributed by atoms with van der Waals surface area (Å²) in [5.41, 5.74) is 7.23. The lowest BCUT2D eigenvalue weighted by Gasteiger charge is -2.06. The SMILES string of the molecule is Cn1cc(CCn2c(N)nc3ccc(F)c(F)c32)cn1. The maximum Gasteiger partial charge on any atom is 0.201 e. The summed E-state index contributed by atoms with van der Waals surface area (Å²) < 4.78 is 30.4. The van der Waals surface area contributed by atoms with Crippen LogP contribution in [-0.2, 0) is 20.0 Å². The molecule has 0 radical (unpaired) electrons. The van der Waals surface area contributed by atoms with E-state index in [-0.39, 0.29) is 11.5 Å². The van der Waals surface area contributed by atoms with Crippen LogP contribution in [0.2, 0.25) is 0 Å². The van der Waals surface area contributed by atoms with Crippen LogP contribution in [-0.4, -0.2) is 19.3 Å². The zero-order valence-corrected chi connectivity index (χ0v) is 10.8. The third kappa shape index (κ3) is 2.01. The number of fused-ring (bicyclic) bond motifs is 1. The van der Waals surface area contributed by atoms with Gasteiger partial charge in [0.25, 0.3) is 0 Å². The van der Waals surface area contributed by atoms with Gasteiger partial charge in [-0.15, -0.1) is 0 Å². The molecular weight excluding hydrogens is 264 g/mol. The minimum Gasteiger partial charge on any atom is -0.369 e. The van der Waals surface area contributed by atoms with Gasteiger partial charge in [0.1, 0.15) is 5.52 Å². The molecule has 5 nitrogen and oxygen atoms in total.